The number of thioether (sulfide) groups is 1. The van der Waals surface area contributed by atoms with E-state index in [0.29, 0.717) is 20.0 Å². The molecule has 0 amide bonds. The van der Waals surface area contributed by atoms with Gasteiger partial charge in [0.05, 0.1) is 39.7 Å². The van der Waals surface area contributed by atoms with Crippen LogP contribution in [-0.2, 0) is 12.6 Å². The smallest absolute Gasteiger partial charge is 0.416 e. The Morgan fingerprint density at radius 2 is 1.85 bits per heavy atom. The summed E-state index contributed by atoms with van der Waals surface area (Å²) in [5.41, 5.74) is 4.76. The molecule has 0 fully saturated rings. The van der Waals surface area contributed by atoms with Crippen LogP contribution in [0.15, 0.2) is 58.4 Å². The number of benzene rings is 2. The Balaban J connectivity index is 1.79. The summed E-state index contributed by atoms with van der Waals surface area (Å²) < 4.78 is 79.2. The van der Waals surface area contributed by atoms with Crippen LogP contribution in [0.3, 0.4) is 0 Å². The molecule has 1 aliphatic heterocycles. The molecule has 0 spiro atoms. The molecular formula is C28H22ClF5N2O2S2. The minimum absolute atomic E-state index is 0.0519. The molecule has 2 aromatic heterocycles. The molecule has 4 aromatic rings. The molecule has 210 valence electrons. The lowest BCUT2D eigenvalue weighted by Crippen LogP contribution is -2.33. The Morgan fingerprint density at radius 1 is 1.12 bits per heavy atom. The Kier molecular flexibility index (Phi) is 7.77. The van der Waals surface area contributed by atoms with Crippen molar-refractivity contribution in [3.05, 3.63) is 102 Å². The fourth-order valence-electron chi connectivity index (χ4n) is 5.06. The van der Waals surface area contributed by atoms with Crippen LogP contribution in [0.2, 0.25) is 4.34 Å². The number of pyridine rings is 1. The van der Waals surface area contributed by atoms with Gasteiger partial charge in [0.1, 0.15) is 5.82 Å². The summed E-state index contributed by atoms with van der Waals surface area (Å²) in [4.78, 5) is 14.8. The lowest BCUT2D eigenvalue weighted by atomic mass is 9.92. The molecule has 1 unspecified atom stereocenters. The Labute approximate surface area is 239 Å². The number of ether oxygens (including phenoxy) is 1. The molecule has 2 N–H and O–H groups in total. The van der Waals surface area contributed by atoms with Crippen molar-refractivity contribution in [3.63, 3.8) is 0 Å². The summed E-state index contributed by atoms with van der Waals surface area (Å²) in [5, 5.41) is 0.369. The fraction of sp³-hybridized carbons (Fsp3) is 0.250. The van der Waals surface area contributed by atoms with Gasteiger partial charge in [-0.15, -0.1) is 23.1 Å². The van der Waals surface area contributed by atoms with E-state index in [4.69, 9.17) is 22.1 Å². The highest BCUT2D eigenvalue weighted by Crippen LogP contribution is 2.45. The quantitative estimate of drug-likeness (QED) is 0.226. The maximum absolute atomic E-state index is 15.5. The van der Waals surface area contributed by atoms with Gasteiger partial charge < -0.3 is 10.5 Å². The van der Waals surface area contributed by atoms with E-state index in [9.17, 15) is 22.4 Å². The third-order valence-corrected chi connectivity index (χ3v) is 9.58. The summed E-state index contributed by atoms with van der Waals surface area (Å²) in [6, 6.07) is 9.22. The van der Waals surface area contributed by atoms with E-state index in [-0.39, 0.29) is 28.0 Å². The molecule has 40 heavy (non-hydrogen) atoms. The zero-order valence-electron chi connectivity index (χ0n) is 21.1. The van der Waals surface area contributed by atoms with Gasteiger partial charge in [-0.3, -0.25) is 9.36 Å². The molecule has 3 heterocycles. The molecule has 5 rings (SSSR count). The minimum atomic E-state index is -4.81. The van der Waals surface area contributed by atoms with E-state index in [1.165, 1.54) is 59.9 Å². The normalized spacial score (nSPS) is 15.8. The first-order valence-electron chi connectivity index (χ1n) is 12.0. The zero-order chi connectivity index (χ0) is 28.9. The molecule has 0 aliphatic carbocycles. The van der Waals surface area contributed by atoms with Crippen molar-refractivity contribution in [1.29, 1.82) is 0 Å². The maximum atomic E-state index is 15.5. The van der Waals surface area contributed by atoms with Crippen molar-refractivity contribution in [1.82, 2.24) is 4.57 Å². The third kappa shape index (κ3) is 4.93. The molecule has 12 heteroatoms. The van der Waals surface area contributed by atoms with Crippen molar-refractivity contribution in [2.45, 2.75) is 36.6 Å². The molecular weight excluding hydrogens is 591 g/mol. The predicted octanol–water partition coefficient (Wildman–Crippen LogP) is 7.78. The Morgan fingerprint density at radius 3 is 2.50 bits per heavy atom. The first-order valence-corrected chi connectivity index (χ1v) is 14.2. The average Bonchev–Trinajstić information content (AvgIpc) is 3.54. The monoisotopic (exact) mass is 612 g/mol. The van der Waals surface area contributed by atoms with Crippen LogP contribution in [0, 0.1) is 18.6 Å². The van der Waals surface area contributed by atoms with Crippen LogP contribution in [0.4, 0.5) is 22.0 Å². The van der Waals surface area contributed by atoms with Crippen molar-refractivity contribution in [3.8, 4) is 16.9 Å². The second-order valence-corrected chi connectivity index (χ2v) is 12.0. The van der Waals surface area contributed by atoms with Crippen LogP contribution < -0.4 is 16.0 Å². The first kappa shape index (κ1) is 28.7. The van der Waals surface area contributed by atoms with Crippen LogP contribution in [-0.4, -0.2) is 17.4 Å². The van der Waals surface area contributed by atoms with Crippen LogP contribution in [0.5, 0.6) is 5.75 Å². The fourth-order valence-corrected chi connectivity index (χ4v) is 7.62. The lowest BCUT2D eigenvalue weighted by molar-refractivity contribution is -0.138. The number of methoxy groups -OCH3 is 1. The molecule has 0 saturated carbocycles. The molecule has 4 nitrogen and oxygen atoms in total. The summed E-state index contributed by atoms with van der Waals surface area (Å²) in [7, 11) is 1.28. The number of thiophene rings is 1. The van der Waals surface area contributed by atoms with Gasteiger partial charge in [-0.2, -0.15) is 13.2 Å². The van der Waals surface area contributed by atoms with Gasteiger partial charge in [0.15, 0.2) is 11.6 Å². The number of fused-ring (bicyclic) bond motifs is 1. The molecule has 2 aromatic carbocycles. The van der Waals surface area contributed by atoms with Gasteiger partial charge in [-0.1, -0.05) is 29.8 Å². The summed E-state index contributed by atoms with van der Waals surface area (Å²) >= 11 is 8.60. The Bertz CT molecular complexity index is 1670. The van der Waals surface area contributed by atoms with Crippen molar-refractivity contribution < 1.29 is 26.7 Å². The van der Waals surface area contributed by atoms with Gasteiger partial charge in [-0.25, -0.2) is 8.78 Å². The van der Waals surface area contributed by atoms with Gasteiger partial charge in [-0.05, 0) is 48.4 Å². The van der Waals surface area contributed by atoms with Gasteiger partial charge in [0.25, 0.3) is 5.56 Å². The topological polar surface area (TPSA) is 57.2 Å². The number of nitrogens with zero attached hydrogens (tertiary/aromatic N) is 1. The van der Waals surface area contributed by atoms with Gasteiger partial charge >= 0.3 is 6.18 Å². The van der Waals surface area contributed by atoms with Gasteiger partial charge in [0, 0.05) is 28.2 Å². The second-order valence-electron chi connectivity index (χ2n) is 9.27. The summed E-state index contributed by atoms with van der Waals surface area (Å²) in [6.07, 6.45) is -5.28. The number of alkyl halides is 3. The van der Waals surface area contributed by atoms with Crippen molar-refractivity contribution in [2.75, 3.05) is 12.9 Å². The third-order valence-electron chi connectivity index (χ3n) is 7.03. The Hall–Kier alpha value is -2.86. The minimum Gasteiger partial charge on any atom is -0.494 e. The predicted molar refractivity (Wildman–Crippen MR) is 148 cm³/mol. The zero-order valence-corrected chi connectivity index (χ0v) is 23.5. The maximum Gasteiger partial charge on any atom is 0.416 e. The van der Waals surface area contributed by atoms with Crippen molar-refractivity contribution in [2.24, 2.45) is 5.73 Å². The lowest BCUT2D eigenvalue weighted by Gasteiger charge is -2.24. The SMILES string of the molecule is COc1cccc(-c2c(C)c(Cc3c(F)cccc3C(F)(F)F)c3n(c2=O)[C@@H](C(N)c2ccc(Cl)s2)CS3)c1F. The number of aromatic nitrogens is 1. The number of halogens is 6. The van der Waals surface area contributed by atoms with Crippen molar-refractivity contribution >= 4 is 34.7 Å². The van der Waals surface area contributed by atoms with E-state index < -0.39 is 53.0 Å². The van der Waals surface area contributed by atoms with Crippen LogP contribution in [0.25, 0.3) is 11.1 Å². The van der Waals surface area contributed by atoms with E-state index in [1.54, 1.807) is 12.1 Å². The molecule has 2 atom stereocenters. The highest BCUT2D eigenvalue weighted by molar-refractivity contribution is 7.99. The van der Waals surface area contributed by atoms with E-state index in [1.807, 2.05) is 0 Å². The summed E-state index contributed by atoms with van der Waals surface area (Å²) in [5.74, 6) is -1.60. The number of hydrogen-bond acceptors (Lipinski definition) is 5. The van der Waals surface area contributed by atoms with Gasteiger partial charge in [0.2, 0.25) is 0 Å². The molecule has 0 radical (unpaired) electrons. The number of rotatable bonds is 6. The highest BCUT2D eigenvalue weighted by Gasteiger charge is 2.38. The first-order chi connectivity index (χ1) is 18.9. The number of hydrogen-bond donors (Lipinski definition) is 1. The van der Waals surface area contributed by atoms with E-state index in [0.717, 1.165) is 18.2 Å². The molecule has 0 saturated heterocycles. The van der Waals surface area contributed by atoms with E-state index in [2.05, 4.69) is 0 Å². The molecule has 0 bridgehead atoms. The second kappa shape index (κ2) is 10.8. The highest BCUT2D eigenvalue weighted by atomic mass is 35.5. The van der Waals surface area contributed by atoms with Crippen LogP contribution >= 0.6 is 34.7 Å². The standard InChI is InChI=1S/C28H22ClF5N2O2S2/c1-13-15(11-16-17(28(32,33)34)6-4-7-18(16)30)27-36(19(12-39-27)25(35)21-9-10-22(29)40-21)26(37)23(13)14-5-3-8-20(38-2)24(14)31/h3-10,19,25H,11-12,35H2,1-2H3/t19-,25?/m1/s1. The largest absolute Gasteiger partial charge is 0.494 e. The number of nitrogens with two attached hydrogens (primary N) is 1. The molecule has 1 aliphatic rings. The summed E-state index contributed by atoms with van der Waals surface area (Å²) in [6.45, 7) is 1.53. The van der Waals surface area contributed by atoms with E-state index >= 15 is 4.39 Å². The van der Waals surface area contributed by atoms with Crippen LogP contribution in [0.1, 0.15) is 39.2 Å². The average molecular weight is 613 g/mol.